The first-order chi connectivity index (χ1) is 10.4. The van der Waals surface area contributed by atoms with Crippen LogP contribution in [0.25, 0.3) is 0 Å². The third-order valence-corrected chi connectivity index (χ3v) is 4.25. The molecule has 0 saturated heterocycles. The summed E-state index contributed by atoms with van der Waals surface area (Å²) in [5.74, 6) is -0.935. The molecule has 1 unspecified atom stereocenters. The summed E-state index contributed by atoms with van der Waals surface area (Å²) in [7, 11) is 5.73. The maximum absolute atomic E-state index is 11.1. The highest BCUT2D eigenvalue weighted by atomic mass is 16.4. The van der Waals surface area contributed by atoms with Crippen molar-refractivity contribution in [1.29, 1.82) is 0 Å². The second-order valence-corrected chi connectivity index (χ2v) is 7.32. The number of rotatable bonds is 15. The molecule has 0 rings (SSSR count). The molecule has 132 valence electrons. The van der Waals surface area contributed by atoms with E-state index in [1.54, 1.807) is 0 Å². The fraction of sp³-hybridized carbons (Fsp3) is 0.944. The summed E-state index contributed by atoms with van der Waals surface area (Å²) in [4.78, 5) is 11.1. The largest absolute Gasteiger partial charge is 0.544 e. The summed E-state index contributed by atoms with van der Waals surface area (Å²) in [6, 6.07) is -0.412. The molecule has 0 aliphatic carbocycles. The van der Waals surface area contributed by atoms with E-state index < -0.39 is 12.0 Å². The molecule has 0 aromatic heterocycles. The molecule has 0 radical (unpaired) electrons. The molecule has 1 N–H and O–H groups in total. The highest BCUT2D eigenvalue weighted by Gasteiger charge is 2.24. The van der Waals surface area contributed by atoms with Crippen LogP contribution in [-0.4, -0.2) is 50.7 Å². The molecule has 1 atom stereocenters. The Kier molecular flexibility index (Phi) is 12.5. The Morgan fingerprint density at radius 3 is 1.91 bits per heavy atom. The van der Waals surface area contributed by atoms with Crippen LogP contribution < -0.4 is 10.4 Å². The van der Waals surface area contributed by atoms with E-state index in [9.17, 15) is 9.90 Å². The van der Waals surface area contributed by atoms with Gasteiger partial charge in [-0.3, -0.25) is 0 Å². The van der Waals surface area contributed by atoms with Crippen molar-refractivity contribution < 1.29 is 14.4 Å². The number of aliphatic carboxylic acids is 1. The third kappa shape index (κ3) is 12.0. The predicted molar refractivity (Wildman–Crippen MR) is 91.5 cm³/mol. The molecule has 0 spiro atoms. The van der Waals surface area contributed by atoms with Gasteiger partial charge in [0, 0.05) is 6.42 Å². The van der Waals surface area contributed by atoms with E-state index in [0.717, 1.165) is 19.5 Å². The number of hydrogen-bond acceptors (Lipinski definition) is 3. The molecule has 4 heteroatoms. The average molecular weight is 315 g/mol. The van der Waals surface area contributed by atoms with Gasteiger partial charge in [-0.05, 0) is 25.9 Å². The molecule has 0 aromatic rings. The number of carboxylic acids is 1. The lowest BCUT2D eigenvalue weighted by atomic mass is 10.1. The Morgan fingerprint density at radius 1 is 0.909 bits per heavy atom. The molecule has 0 aliphatic rings. The highest BCUT2D eigenvalue weighted by Crippen LogP contribution is 2.09. The monoisotopic (exact) mass is 314 g/mol. The fourth-order valence-corrected chi connectivity index (χ4v) is 2.75. The molecule has 0 bridgehead atoms. The quantitative estimate of drug-likeness (QED) is 0.373. The Hall–Kier alpha value is -0.610. The van der Waals surface area contributed by atoms with Crippen molar-refractivity contribution in [2.24, 2.45) is 0 Å². The van der Waals surface area contributed by atoms with Crippen LogP contribution in [-0.2, 0) is 4.79 Å². The second-order valence-electron chi connectivity index (χ2n) is 7.32. The van der Waals surface area contributed by atoms with Gasteiger partial charge in [-0.15, -0.1) is 0 Å². The number of carbonyl (C=O) groups excluding carboxylic acids is 1. The standard InChI is InChI=1S/C18H38N2O2/c1-5-6-7-8-9-10-11-12-15-19-16-13-14-17(18(21)22)20(2,3)4/h17,19H,5-16H2,1-4H3. The predicted octanol–water partition coefficient (Wildman–Crippen LogP) is 2.32. The minimum Gasteiger partial charge on any atom is -0.544 e. The topological polar surface area (TPSA) is 52.2 Å². The Balaban J connectivity index is 3.41. The van der Waals surface area contributed by atoms with Crippen LogP contribution in [0.15, 0.2) is 0 Å². The van der Waals surface area contributed by atoms with Gasteiger partial charge in [0.1, 0.15) is 6.04 Å². The van der Waals surface area contributed by atoms with E-state index in [1.165, 1.54) is 51.4 Å². The van der Waals surface area contributed by atoms with Crippen molar-refractivity contribution in [2.45, 2.75) is 77.2 Å². The van der Waals surface area contributed by atoms with Gasteiger partial charge in [-0.2, -0.15) is 0 Å². The van der Waals surface area contributed by atoms with Crippen LogP contribution >= 0.6 is 0 Å². The number of unbranched alkanes of at least 4 members (excludes halogenated alkanes) is 7. The van der Waals surface area contributed by atoms with Gasteiger partial charge < -0.3 is 19.7 Å². The molecule has 22 heavy (non-hydrogen) atoms. The summed E-state index contributed by atoms with van der Waals surface area (Å²) in [6.07, 6.45) is 12.3. The first-order valence-electron chi connectivity index (χ1n) is 9.12. The van der Waals surface area contributed by atoms with E-state index in [-0.39, 0.29) is 0 Å². The van der Waals surface area contributed by atoms with Crippen molar-refractivity contribution in [3.8, 4) is 0 Å². The molecule has 0 aromatic carbocycles. The lowest BCUT2D eigenvalue weighted by Crippen LogP contribution is -2.54. The smallest absolute Gasteiger partial charge is 0.129 e. The molecular weight excluding hydrogens is 276 g/mol. The zero-order valence-electron chi connectivity index (χ0n) is 15.3. The van der Waals surface area contributed by atoms with Gasteiger partial charge in [-0.1, -0.05) is 51.9 Å². The van der Waals surface area contributed by atoms with Gasteiger partial charge in [0.15, 0.2) is 0 Å². The van der Waals surface area contributed by atoms with Crippen LogP contribution in [0.1, 0.15) is 71.1 Å². The molecule has 0 amide bonds. The number of hydrogen-bond donors (Lipinski definition) is 1. The zero-order chi connectivity index (χ0) is 16.8. The number of nitrogens with zero attached hydrogens (tertiary/aromatic N) is 1. The normalized spacial score (nSPS) is 13.3. The molecule has 0 saturated carbocycles. The fourth-order valence-electron chi connectivity index (χ4n) is 2.75. The Labute approximate surface area is 137 Å². The van der Waals surface area contributed by atoms with E-state index in [2.05, 4.69) is 12.2 Å². The number of carboxylic acid groups (broad SMARTS) is 1. The van der Waals surface area contributed by atoms with Crippen molar-refractivity contribution in [3.05, 3.63) is 0 Å². The van der Waals surface area contributed by atoms with Crippen LogP contribution in [0, 0.1) is 0 Å². The van der Waals surface area contributed by atoms with Crippen LogP contribution in [0.2, 0.25) is 0 Å². The molecule has 0 heterocycles. The van der Waals surface area contributed by atoms with E-state index in [1.807, 2.05) is 21.1 Å². The van der Waals surface area contributed by atoms with Crippen LogP contribution in [0.3, 0.4) is 0 Å². The van der Waals surface area contributed by atoms with Gasteiger partial charge >= 0.3 is 0 Å². The van der Waals surface area contributed by atoms with E-state index >= 15 is 0 Å². The van der Waals surface area contributed by atoms with E-state index in [0.29, 0.717) is 10.9 Å². The first kappa shape index (κ1) is 21.4. The van der Waals surface area contributed by atoms with Crippen molar-refractivity contribution in [3.63, 3.8) is 0 Å². The summed E-state index contributed by atoms with van der Waals surface area (Å²) in [5.41, 5.74) is 0. The number of quaternary nitrogens is 1. The molecular formula is C18H38N2O2. The van der Waals surface area contributed by atoms with E-state index in [4.69, 9.17) is 0 Å². The van der Waals surface area contributed by atoms with Gasteiger partial charge in [0.2, 0.25) is 0 Å². The maximum Gasteiger partial charge on any atom is 0.129 e. The number of carbonyl (C=O) groups is 1. The van der Waals surface area contributed by atoms with Crippen molar-refractivity contribution in [2.75, 3.05) is 34.2 Å². The van der Waals surface area contributed by atoms with Crippen LogP contribution in [0.4, 0.5) is 0 Å². The zero-order valence-corrected chi connectivity index (χ0v) is 15.3. The van der Waals surface area contributed by atoms with Crippen LogP contribution in [0.5, 0.6) is 0 Å². The lowest BCUT2D eigenvalue weighted by Gasteiger charge is -2.34. The lowest BCUT2D eigenvalue weighted by molar-refractivity contribution is -0.889. The van der Waals surface area contributed by atoms with Gasteiger partial charge in [0.25, 0.3) is 0 Å². The first-order valence-corrected chi connectivity index (χ1v) is 9.12. The highest BCUT2D eigenvalue weighted by molar-refractivity contribution is 5.69. The summed E-state index contributed by atoms with van der Waals surface area (Å²) in [6.45, 7) is 4.21. The number of likely N-dealkylation sites (N-methyl/N-ethyl adjacent to an activating group) is 1. The average Bonchev–Trinajstić information content (AvgIpc) is 2.42. The Morgan fingerprint density at radius 2 is 1.41 bits per heavy atom. The van der Waals surface area contributed by atoms with Gasteiger partial charge in [-0.25, -0.2) is 0 Å². The SMILES string of the molecule is CCCCCCCCCCNCCCC(C(=O)[O-])[N+](C)(C)C. The summed E-state index contributed by atoms with van der Waals surface area (Å²) in [5, 5.41) is 14.6. The molecule has 0 fully saturated rings. The van der Waals surface area contributed by atoms with Crippen molar-refractivity contribution in [1.82, 2.24) is 5.32 Å². The Bertz CT molecular complexity index is 275. The minimum absolute atomic E-state index is 0.412. The minimum atomic E-state index is -0.935. The second kappa shape index (κ2) is 12.9. The maximum atomic E-state index is 11.1. The number of nitrogens with one attached hydrogen (secondary N) is 1. The third-order valence-electron chi connectivity index (χ3n) is 4.25. The van der Waals surface area contributed by atoms with Gasteiger partial charge in [0.05, 0.1) is 27.1 Å². The van der Waals surface area contributed by atoms with Crippen molar-refractivity contribution >= 4 is 5.97 Å². The summed E-state index contributed by atoms with van der Waals surface area (Å²) < 4.78 is 0.431. The molecule has 4 nitrogen and oxygen atoms in total. The molecule has 0 aliphatic heterocycles. The summed E-state index contributed by atoms with van der Waals surface area (Å²) >= 11 is 0.